The summed E-state index contributed by atoms with van der Waals surface area (Å²) in [5.41, 5.74) is 1.32. The van der Waals surface area contributed by atoms with Crippen LogP contribution in [0.2, 0.25) is 0 Å². The highest BCUT2D eigenvalue weighted by Gasteiger charge is 2.12. The van der Waals surface area contributed by atoms with Crippen molar-refractivity contribution in [2.45, 2.75) is 13.8 Å². The molecular weight excluding hydrogens is 230 g/mol. The van der Waals surface area contributed by atoms with Gasteiger partial charge in [-0.15, -0.1) is 0 Å². The van der Waals surface area contributed by atoms with E-state index in [9.17, 15) is 9.59 Å². The van der Waals surface area contributed by atoms with Gasteiger partial charge in [-0.1, -0.05) is 6.57 Å². The summed E-state index contributed by atoms with van der Waals surface area (Å²) in [5, 5.41) is 2.73. The molecule has 5 heteroatoms. The van der Waals surface area contributed by atoms with Gasteiger partial charge in [0.25, 0.3) is 11.4 Å². The number of nitrogens with one attached hydrogen (secondary N) is 1. The lowest BCUT2D eigenvalue weighted by atomic mass is 10.1. The Morgan fingerprint density at radius 2 is 1.94 bits per heavy atom. The Morgan fingerprint density at radius 3 is 2.39 bits per heavy atom. The Kier molecular flexibility index (Phi) is 2.86. The molecule has 1 N–H and O–H groups in total. The largest absolute Gasteiger partial charge is 0.362 e. The van der Waals surface area contributed by atoms with Crippen LogP contribution in [0, 0.1) is 13.5 Å². The number of ketones is 1. The Bertz CT molecular complexity index is 699. The van der Waals surface area contributed by atoms with Crippen LogP contribution in [-0.4, -0.2) is 15.6 Å². The molecule has 0 saturated carbocycles. The molecule has 2 rings (SSSR count). The second-order valence-corrected chi connectivity index (χ2v) is 3.94. The van der Waals surface area contributed by atoms with Crippen molar-refractivity contribution in [3.8, 4) is 5.69 Å². The fourth-order valence-corrected chi connectivity index (χ4v) is 1.65. The molecule has 0 bridgehead atoms. The van der Waals surface area contributed by atoms with Gasteiger partial charge in [0.2, 0.25) is 0 Å². The summed E-state index contributed by atoms with van der Waals surface area (Å²) in [6.45, 7) is 10.0. The number of hydrogen-bond acceptors (Lipinski definition) is 2. The van der Waals surface area contributed by atoms with Crippen molar-refractivity contribution in [2.75, 3.05) is 0 Å². The van der Waals surface area contributed by atoms with Crippen molar-refractivity contribution in [1.29, 1.82) is 0 Å². The molecule has 0 atom stereocenters. The summed E-state index contributed by atoms with van der Waals surface area (Å²) in [4.78, 5) is 26.3. The van der Waals surface area contributed by atoms with Crippen LogP contribution in [-0.2, 0) is 0 Å². The van der Waals surface area contributed by atoms with Crippen molar-refractivity contribution in [3.05, 3.63) is 57.2 Å². The fourth-order valence-electron chi connectivity index (χ4n) is 1.65. The number of Topliss-reactive ketones (excluding diaryl/α,β-unsaturated/α-hetero) is 1. The van der Waals surface area contributed by atoms with Gasteiger partial charge in [0.15, 0.2) is 5.78 Å². The third-order valence-corrected chi connectivity index (χ3v) is 2.74. The number of carbonyl (C=O) groups is 1. The highest BCUT2D eigenvalue weighted by molar-refractivity contribution is 5.94. The monoisotopic (exact) mass is 241 g/mol. The first kappa shape index (κ1) is 11.9. The summed E-state index contributed by atoms with van der Waals surface area (Å²) >= 11 is 0. The predicted molar refractivity (Wildman–Crippen MR) is 67.4 cm³/mol. The first-order valence-corrected chi connectivity index (χ1v) is 5.35. The van der Waals surface area contributed by atoms with Crippen molar-refractivity contribution in [3.63, 3.8) is 0 Å². The predicted octanol–water partition coefficient (Wildman–Crippen LogP) is 2.23. The molecule has 2 aromatic rings. The lowest BCUT2D eigenvalue weighted by molar-refractivity contribution is 0.101. The molecule has 1 aromatic heterocycles. The molecule has 0 aliphatic carbocycles. The first-order valence-electron chi connectivity index (χ1n) is 5.35. The van der Waals surface area contributed by atoms with Gasteiger partial charge < -0.3 is 4.85 Å². The van der Waals surface area contributed by atoms with E-state index in [0.717, 1.165) is 0 Å². The van der Waals surface area contributed by atoms with E-state index in [4.69, 9.17) is 6.57 Å². The van der Waals surface area contributed by atoms with Crippen LogP contribution < -0.4 is 5.56 Å². The summed E-state index contributed by atoms with van der Waals surface area (Å²) in [6.07, 6.45) is 0. The number of hydrogen-bond donors (Lipinski definition) is 1. The molecule has 0 unspecified atom stereocenters. The normalized spacial score (nSPS) is 10.1. The van der Waals surface area contributed by atoms with Crippen LogP contribution >= 0.6 is 0 Å². The van der Waals surface area contributed by atoms with Gasteiger partial charge in [-0.05, 0) is 38.1 Å². The lowest BCUT2D eigenvalue weighted by Crippen LogP contribution is -2.15. The zero-order valence-electron chi connectivity index (χ0n) is 10.0. The third kappa shape index (κ3) is 1.84. The Labute approximate surface area is 103 Å². The summed E-state index contributed by atoms with van der Waals surface area (Å²) < 4.78 is 1.30. The van der Waals surface area contributed by atoms with Crippen molar-refractivity contribution in [2.24, 2.45) is 0 Å². The molecule has 1 heterocycles. The standard InChI is InChI=1S/C13H11N3O2/c1-8-12(14-3)15-16(13(8)18)11-6-4-10(5-7-11)9(2)17/h4-7,15H,1-2H3. The van der Waals surface area contributed by atoms with Crippen LogP contribution in [0.5, 0.6) is 0 Å². The number of carbonyl (C=O) groups excluding carboxylic acids is 1. The molecule has 0 amide bonds. The van der Waals surface area contributed by atoms with Crippen molar-refractivity contribution < 1.29 is 4.79 Å². The topological polar surface area (TPSA) is 59.2 Å². The quantitative estimate of drug-likeness (QED) is 0.647. The molecule has 18 heavy (non-hydrogen) atoms. The summed E-state index contributed by atoms with van der Waals surface area (Å²) in [6, 6.07) is 6.64. The average Bonchev–Trinajstić information content (AvgIpc) is 2.66. The number of aromatic nitrogens is 2. The minimum atomic E-state index is -0.253. The van der Waals surface area contributed by atoms with Gasteiger partial charge in [-0.3, -0.25) is 9.59 Å². The van der Waals surface area contributed by atoms with Gasteiger partial charge >= 0.3 is 0 Å². The molecule has 0 saturated heterocycles. The Hall–Kier alpha value is -2.61. The van der Waals surface area contributed by atoms with Crippen LogP contribution in [0.4, 0.5) is 5.82 Å². The Morgan fingerprint density at radius 1 is 1.33 bits per heavy atom. The first-order chi connectivity index (χ1) is 8.54. The van der Waals surface area contributed by atoms with Crippen molar-refractivity contribution in [1.82, 2.24) is 9.78 Å². The number of benzene rings is 1. The molecule has 0 radical (unpaired) electrons. The minimum absolute atomic E-state index is 0.0292. The van der Waals surface area contributed by atoms with Gasteiger partial charge in [0.1, 0.15) is 0 Å². The maximum absolute atomic E-state index is 11.9. The van der Waals surface area contributed by atoms with E-state index in [2.05, 4.69) is 9.94 Å². The van der Waals surface area contributed by atoms with E-state index in [1.807, 2.05) is 0 Å². The van der Waals surface area contributed by atoms with Crippen LogP contribution in [0.15, 0.2) is 29.1 Å². The van der Waals surface area contributed by atoms with E-state index in [1.54, 1.807) is 31.2 Å². The zero-order chi connectivity index (χ0) is 13.3. The molecule has 0 spiro atoms. The molecule has 0 aliphatic heterocycles. The third-order valence-electron chi connectivity index (χ3n) is 2.74. The van der Waals surface area contributed by atoms with E-state index >= 15 is 0 Å². The number of H-pyrrole nitrogens is 1. The second kappa shape index (κ2) is 4.34. The Balaban J connectivity index is 2.53. The number of aromatic amines is 1. The van der Waals surface area contributed by atoms with Crippen molar-refractivity contribution >= 4 is 11.6 Å². The average molecular weight is 241 g/mol. The van der Waals surface area contributed by atoms with E-state index in [-0.39, 0.29) is 17.2 Å². The number of nitrogens with zero attached hydrogens (tertiary/aromatic N) is 2. The highest BCUT2D eigenvalue weighted by atomic mass is 16.1. The SMILES string of the molecule is [C-]#[N+]c1[nH]n(-c2ccc(C(C)=O)cc2)c(=O)c1C. The number of rotatable bonds is 2. The lowest BCUT2D eigenvalue weighted by Gasteiger charge is -2.00. The smallest absolute Gasteiger partial charge is 0.279 e. The maximum Gasteiger partial charge on any atom is 0.279 e. The molecule has 90 valence electrons. The maximum atomic E-state index is 11.9. The van der Waals surface area contributed by atoms with Gasteiger partial charge in [0, 0.05) is 11.1 Å². The van der Waals surface area contributed by atoms with Crippen LogP contribution in [0.1, 0.15) is 22.8 Å². The van der Waals surface area contributed by atoms with Crippen LogP contribution in [0.3, 0.4) is 0 Å². The minimum Gasteiger partial charge on any atom is -0.362 e. The molecule has 1 aromatic carbocycles. The van der Waals surface area contributed by atoms with Gasteiger partial charge in [0.05, 0.1) is 5.69 Å². The second-order valence-electron chi connectivity index (χ2n) is 3.94. The molecule has 0 aliphatic rings. The summed E-state index contributed by atoms with van der Waals surface area (Å²) in [7, 11) is 0. The highest BCUT2D eigenvalue weighted by Crippen LogP contribution is 2.14. The van der Waals surface area contributed by atoms with Crippen LogP contribution in [0.25, 0.3) is 10.5 Å². The molecular formula is C13H11N3O2. The zero-order valence-corrected chi connectivity index (χ0v) is 10.0. The van der Waals surface area contributed by atoms with Gasteiger partial charge in [-0.2, -0.15) is 4.68 Å². The van der Waals surface area contributed by atoms with Gasteiger partial charge in [-0.25, -0.2) is 5.10 Å². The fraction of sp³-hybridized carbons (Fsp3) is 0.154. The molecule has 5 nitrogen and oxygen atoms in total. The van der Waals surface area contributed by atoms with E-state index < -0.39 is 0 Å². The van der Waals surface area contributed by atoms with E-state index in [0.29, 0.717) is 16.8 Å². The molecule has 0 fully saturated rings. The van der Waals surface area contributed by atoms with E-state index in [1.165, 1.54) is 11.6 Å². The summed E-state index contributed by atoms with van der Waals surface area (Å²) in [5.74, 6) is 0.203.